The first-order valence-corrected chi connectivity index (χ1v) is 8.39. The van der Waals surface area contributed by atoms with E-state index in [-0.39, 0.29) is 17.9 Å². The minimum atomic E-state index is 0.171. The van der Waals surface area contributed by atoms with E-state index in [9.17, 15) is 4.79 Å². The molecular weight excluding hydrogens is 278 g/mol. The smallest absolute Gasteiger partial charge is 0.223 e. The van der Waals surface area contributed by atoms with Crippen LogP contribution in [0.25, 0.3) is 0 Å². The lowest BCUT2D eigenvalue weighted by Crippen LogP contribution is -2.51. The second-order valence-corrected chi connectivity index (χ2v) is 6.74. The number of anilines is 1. The monoisotopic (exact) mass is 305 g/mol. The lowest BCUT2D eigenvalue weighted by Gasteiger charge is -2.35. The number of aryl methyl sites for hydroxylation is 1. The van der Waals surface area contributed by atoms with Gasteiger partial charge in [0, 0.05) is 44.3 Å². The second-order valence-electron chi connectivity index (χ2n) is 6.74. The fourth-order valence-corrected chi connectivity index (χ4v) is 3.59. The van der Waals surface area contributed by atoms with Crippen molar-refractivity contribution in [2.45, 2.75) is 44.7 Å². The van der Waals surface area contributed by atoms with Gasteiger partial charge in [0.05, 0.1) is 11.9 Å². The molecule has 1 amide bonds. The van der Waals surface area contributed by atoms with E-state index >= 15 is 0 Å². The summed E-state index contributed by atoms with van der Waals surface area (Å²) in [5.41, 5.74) is 1.15. The predicted octanol–water partition coefficient (Wildman–Crippen LogP) is 0.893. The van der Waals surface area contributed by atoms with Gasteiger partial charge in [0.2, 0.25) is 5.91 Å². The van der Waals surface area contributed by atoms with E-state index in [0.717, 1.165) is 51.0 Å². The van der Waals surface area contributed by atoms with Gasteiger partial charge < -0.3 is 15.5 Å². The molecule has 2 saturated heterocycles. The van der Waals surface area contributed by atoms with E-state index in [1.165, 1.54) is 0 Å². The van der Waals surface area contributed by atoms with E-state index in [4.69, 9.17) is 0 Å². The fourth-order valence-electron chi connectivity index (χ4n) is 3.59. The number of carbonyl (C=O) groups is 1. The fraction of sp³-hybridized carbons (Fsp3) is 0.750. The lowest BCUT2D eigenvalue weighted by atomic mass is 9.92. The highest BCUT2D eigenvalue weighted by Gasteiger charge is 2.28. The van der Waals surface area contributed by atoms with Crippen LogP contribution in [-0.2, 0) is 11.8 Å². The molecule has 2 aliphatic heterocycles. The Hall–Kier alpha value is -1.56. The van der Waals surface area contributed by atoms with Crippen molar-refractivity contribution < 1.29 is 4.79 Å². The summed E-state index contributed by atoms with van der Waals surface area (Å²) in [5, 5.41) is 10.9. The zero-order chi connectivity index (χ0) is 15.5. The van der Waals surface area contributed by atoms with Crippen LogP contribution >= 0.6 is 0 Å². The van der Waals surface area contributed by atoms with E-state index < -0.39 is 0 Å². The third-order valence-corrected chi connectivity index (χ3v) is 4.82. The van der Waals surface area contributed by atoms with Gasteiger partial charge in [0.15, 0.2) is 0 Å². The molecule has 1 aromatic rings. The van der Waals surface area contributed by atoms with E-state index in [1.54, 1.807) is 0 Å². The van der Waals surface area contributed by atoms with E-state index in [1.807, 2.05) is 24.1 Å². The first-order chi connectivity index (χ1) is 10.6. The summed E-state index contributed by atoms with van der Waals surface area (Å²) < 4.78 is 1.83. The minimum absolute atomic E-state index is 0.171. The molecule has 1 aromatic heterocycles. The van der Waals surface area contributed by atoms with Crippen LogP contribution in [0, 0.1) is 5.92 Å². The topological polar surface area (TPSA) is 62.2 Å². The molecule has 2 fully saturated rings. The maximum atomic E-state index is 12.5. The Morgan fingerprint density at radius 3 is 3.05 bits per heavy atom. The molecule has 0 aromatic carbocycles. The summed E-state index contributed by atoms with van der Waals surface area (Å²) in [6, 6.07) is 0.703. The van der Waals surface area contributed by atoms with Crippen LogP contribution < -0.4 is 15.5 Å². The second kappa shape index (κ2) is 6.69. The number of hydrogen-bond acceptors (Lipinski definition) is 4. The van der Waals surface area contributed by atoms with Gasteiger partial charge in [-0.05, 0) is 39.2 Å². The summed E-state index contributed by atoms with van der Waals surface area (Å²) in [5.74, 6) is 0.413. The molecule has 3 heterocycles. The molecule has 0 saturated carbocycles. The van der Waals surface area contributed by atoms with E-state index in [0.29, 0.717) is 6.04 Å². The summed E-state index contributed by atoms with van der Waals surface area (Å²) in [7, 11) is 1.94. The quantitative estimate of drug-likeness (QED) is 0.871. The average molecular weight is 305 g/mol. The molecule has 0 aliphatic carbocycles. The van der Waals surface area contributed by atoms with Gasteiger partial charge in [-0.1, -0.05) is 0 Å². The first kappa shape index (κ1) is 15.3. The highest BCUT2D eigenvalue weighted by molar-refractivity contribution is 5.79. The van der Waals surface area contributed by atoms with Crippen LogP contribution in [0.5, 0.6) is 0 Å². The SMILES string of the molecule is C[C@H]1C[C@@H](C(=O)NC2CCCN(c3cnn(C)c3)C2)CCN1. The van der Waals surface area contributed by atoms with Crippen molar-refractivity contribution in [3.05, 3.63) is 12.4 Å². The lowest BCUT2D eigenvalue weighted by molar-refractivity contribution is -0.126. The molecule has 6 heteroatoms. The van der Waals surface area contributed by atoms with Gasteiger partial charge in [-0.2, -0.15) is 5.10 Å². The number of rotatable bonds is 3. The molecule has 2 N–H and O–H groups in total. The molecule has 6 nitrogen and oxygen atoms in total. The molecule has 0 bridgehead atoms. The van der Waals surface area contributed by atoms with Gasteiger partial charge in [-0.3, -0.25) is 9.48 Å². The molecule has 3 rings (SSSR count). The summed E-state index contributed by atoms with van der Waals surface area (Å²) >= 11 is 0. The van der Waals surface area contributed by atoms with Crippen LogP contribution in [0.4, 0.5) is 5.69 Å². The highest BCUT2D eigenvalue weighted by atomic mass is 16.2. The first-order valence-electron chi connectivity index (χ1n) is 8.39. The number of aromatic nitrogens is 2. The van der Waals surface area contributed by atoms with Gasteiger partial charge in [0.1, 0.15) is 0 Å². The molecule has 0 spiro atoms. The van der Waals surface area contributed by atoms with Crippen LogP contribution in [-0.4, -0.2) is 47.4 Å². The Kier molecular flexibility index (Phi) is 4.66. The summed E-state index contributed by atoms with van der Waals surface area (Å²) in [4.78, 5) is 14.8. The van der Waals surface area contributed by atoms with Crippen molar-refractivity contribution in [1.82, 2.24) is 20.4 Å². The average Bonchev–Trinajstić information content (AvgIpc) is 2.94. The maximum absolute atomic E-state index is 12.5. The Morgan fingerprint density at radius 1 is 1.45 bits per heavy atom. The zero-order valence-electron chi connectivity index (χ0n) is 13.6. The van der Waals surface area contributed by atoms with Crippen LogP contribution in [0.2, 0.25) is 0 Å². The maximum Gasteiger partial charge on any atom is 0.223 e. The number of carbonyl (C=O) groups excluding carboxylic acids is 1. The van der Waals surface area contributed by atoms with Crippen LogP contribution in [0.1, 0.15) is 32.6 Å². The molecule has 122 valence electrons. The molecule has 22 heavy (non-hydrogen) atoms. The molecular formula is C16H27N5O. The van der Waals surface area contributed by atoms with Crippen molar-refractivity contribution in [3.8, 4) is 0 Å². The molecule has 2 aliphatic rings. The van der Waals surface area contributed by atoms with Crippen molar-refractivity contribution >= 4 is 11.6 Å². The normalized spacial score (nSPS) is 29.4. The predicted molar refractivity (Wildman–Crippen MR) is 86.8 cm³/mol. The number of nitrogens with one attached hydrogen (secondary N) is 2. The number of nitrogens with zero attached hydrogens (tertiary/aromatic N) is 3. The molecule has 0 radical (unpaired) electrons. The minimum Gasteiger partial charge on any atom is -0.367 e. The van der Waals surface area contributed by atoms with Gasteiger partial charge in [0.25, 0.3) is 0 Å². The highest BCUT2D eigenvalue weighted by Crippen LogP contribution is 2.21. The Morgan fingerprint density at radius 2 is 2.32 bits per heavy atom. The third-order valence-electron chi connectivity index (χ3n) is 4.82. The number of amides is 1. The number of piperidine rings is 2. The zero-order valence-corrected chi connectivity index (χ0v) is 13.6. The van der Waals surface area contributed by atoms with Crippen LogP contribution in [0.3, 0.4) is 0 Å². The van der Waals surface area contributed by atoms with Gasteiger partial charge in [-0.25, -0.2) is 0 Å². The van der Waals surface area contributed by atoms with Crippen molar-refractivity contribution in [2.24, 2.45) is 13.0 Å². The largest absolute Gasteiger partial charge is 0.367 e. The Labute approximate surface area is 132 Å². The summed E-state index contributed by atoms with van der Waals surface area (Å²) in [6.45, 7) is 5.04. The third kappa shape index (κ3) is 3.61. The van der Waals surface area contributed by atoms with Crippen molar-refractivity contribution in [2.75, 3.05) is 24.5 Å². The molecule has 3 atom stereocenters. The standard InChI is InChI=1S/C16H27N5O/c1-12-8-13(5-6-17-12)16(22)19-14-4-3-7-21(10-14)15-9-18-20(2)11-15/h9,11-14,17H,3-8,10H2,1-2H3,(H,19,22)/t12-,13-,14?/m0/s1. The van der Waals surface area contributed by atoms with Crippen molar-refractivity contribution in [3.63, 3.8) is 0 Å². The van der Waals surface area contributed by atoms with Crippen LogP contribution in [0.15, 0.2) is 12.4 Å². The van der Waals surface area contributed by atoms with E-state index in [2.05, 4.69) is 27.6 Å². The Bertz CT molecular complexity index is 514. The summed E-state index contributed by atoms with van der Waals surface area (Å²) in [6.07, 6.45) is 8.03. The molecule has 1 unspecified atom stereocenters. The van der Waals surface area contributed by atoms with Gasteiger partial charge in [-0.15, -0.1) is 0 Å². The van der Waals surface area contributed by atoms with Gasteiger partial charge >= 0.3 is 0 Å². The van der Waals surface area contributed by atoms with Crippen molar-refractivity contribution in [1.29, 1.82) is 0 Å². The Balaban J connectivity index is 1.54. The number of hydrogen-bond donors (Lipinski definition) is 2.